The van der Waals surface area contributed by atoms with Gasteiger partial charge in [0.15, 0.2) is 0 Å². The maximum absolute atomic E-state index is 4.30. The molecule has 0 aliphatic rings. The Morgan fingerprint density at radius 2 is 2.05 bits per heavy atom. The standard InChI is InChI=1S/C11H14N10/c1-12-9-16-10(14-5-8-3-4-20(2)19-8)18-11(17-9)21-7-13-6-15-21/h3-4,6-7H,5H2,1-2H3,(H2,12,14,16,17,18). The van der Waals surface area contributed by atoms with Crippen LogP contribution in [0.1, 0.15) is 5.69 Å². The van der Waals surface area contributed by atoms with Gasteiger partial charge in [0.25, 0.3) is 5.95 Å². The molecule has 0 unspecified atom stereocenters. The van der Waals surface area contributed by atoms with Crippen molar-refractivity contribution in [2.75, 3.05) is 17.7 Å². The van der Waals surface area contributed by atoms with E-state index in [2.05, 4.69) is 40.8 Å². The highest BCUT2D eigenvalue weighted by atomic mass is 15.4. The zero-order valence-corrected chi connectivity index (χ0v) is 11.6. The van der Waals surface area contributed by atoms with Crippen molar-refractivity contribution in [1.82, 2.24) is 39.5 Å². The van der Waals surface area contributed by atoms with Crippen LogP contribution >= 0.6 is 0 Å². The molecule has 0 aliphatic carbocycles. The maximum Gasteiger partial charge on any atom is 0.258 e. The summed E-state index contributed by atoms with van der Waals surface area (Å²) < 4.78 is 3.21. The van der Waals surface area contributed by atoms with Crippen molar-refractivity contribution in [3.63, 3.8) is 0 Å². The van der Waals surface area contributed by atoms with Crippen molar-refractivity contribution in [3.05, 3.63) is 30.6 Å². The summed E-state index contributed by atoms with van der Waals surface area (Å²) >= 11 is 0. The number of rotatable bonds is 5. The van der Waals surface area contributed by atoms with E-state index in [4.69, 9.17) is 0 Å². The van der Waals surface area contributed by atoms with E-state index in [0.29, 0.717) is 24.4 Å². The van der Waals surface area contributed by atoms with Crippen LogP contribution in [-0.2, 0) is 13.6 Å². The lowest BCUT2D eigenvalue weighted by Crippen LogP contribution is -2.11. The molecule has 0 amide bonds. The third kappa shape index (κ3) is 2.94. The van der Waals surface area contributed by atoms with E-state index in [1.807, 2.05) is 19.3 Å². The van der Waals surface area contributed by atoms with Crippen molar-refractivity contribution < 1.29 is 0 Å². The van der Waals surface area contributed by atoms with Crippen LogP contribution in [0.4, 0.5) is 11.9 Å². The number of aryl methyl sites for hydroxylation is 1. The molecule has 3 heterocycles. The maximum atomic E-state index is 4.30. The highest BCUT2D eigenvalue weighted by Gasteiger charge is 2.08. The van der Waals surface area contributed by atoms with Gasteiger partial charge in [0.2, 0.25) is 11.9 Å². The largest absolute Gasteiger partial charge is 0.357 e. The van der Waals surface area contributed by atoms with Crippen LogP contribution in [0.5, 0.6) is 0 Å². The minimum atomic E-state index is 0.385. The Morgan fingerprint density at radius 3 is 2.71 bits per heavy atom. The van der Waals surface area contributed by atoms with Gasteiger partial charge in [-0.25, -0.2) is 4.98 Å². The van der Waals surface area contributed by atoms with Gasteiger partial charge >= 0.3 is 0 Å². The summed E-state index contributed by atoms with van der Waals surface area (Å²) in [5, 5.41) is 14.3. The van der Waals surface area contributed by atoms with Crippen LogP contribution in [0.2, 0.25) is 0 Å². The van der Waals surface area contributed by atoms with E-state index in [9.17, 15) is 0 Å². The molecule has 0 saturated heterocycles. The van der Waals surface area contributed by atoms with Gasteiger partial charge in [-0.15, -0.1) is 0 Å². The highest BCUT2D eigenvalue weighted by Crippen LogP contribution is 2.08. The van der Waals surface area contributed by atoms with Crippen LogP contribution in [0.3, 0.4) is 0 Å². The third-order valence-corrected chi connectivity index (χ3v) is 2.67. The molecule has 10 nitrogen and oxygen atoms in total. The SMILES string of the molecule is CNc1nc(NCc2ccn(C)n2)nc(-n2cncn2)n1. The Kier molecular flexibility index (Phi) is 3.41. The lowest BCUT2D eigenvalue weighted by atomic mass is 10.4. The third-order valence-electron chi connectivity index (χ3n) is 2.67. The summed E-state index contributed by atoms with van der Waals surface area (Å²) in [7, 11) is 3.61. The summed E-state index contributed by atoms with van der Waals surface area (Å²) in [5.41, 5.74) is 0.895. The molecule has 0 radical (unpaired) electrons. The van der Waals surface area contributed by atoms with Crippen molar-refractivity contribution in [2.45, 2.75) is 6.54 Å². The van der Waals surface area contributed by atoms with Crippen molar-refractivity contribution in [3.8, 4) is 5.95 Å². The average Bonchev–Trinajstić information content (AvgIpc) is 3.16. The normalized spacial score (nSPS) is 10.6. The lowest BCUT2D eigenvalue weighted by molar-refractivity contribution is 0.745. The number of nitrogens with zero attached hydrogens (tertiary/aromatic N) is 8. The molecule has 0 fully saturated rings. The van der Waals surface area contributed by atoms with Crippen LogP contribution in [0.15, 0.2) is 24.9 Å². The molecule has 10 heteroatoms. The van der Waals surface area contributed by atoms with Gasteiger partial charge in [-0.3, -0.25) is 4.68 Å². The second-order valence-electron chi connectivity index (χ2n) is 4.21. The first-order valence-corrected chi connectivity index (χ1v) is 6.26. The molecule has 0 aliphatic heterocycles. The Labute approximate surface area is 120 Å². The summed E-state index contributed by atoms with van der Waals surface area (Å²) in [6, 6.07) is 1.92. The predicted octanol–water partition coefficient (Wildman–Crippen LogP) is -0.160. The van der Waals surface area contributed by atoms with Crippen molar-refractivity contribution in [2.24, 2.45) is 7.05 Å². The minimum absolute atomic E-state index is 0.385. The van der Waals surface area contributed by atoms with Crippen molar-refractivity contribution in [1.29, 1.82) is 0 Å². The number of aromatic nitrogens is 8. The second kappa shape index (κ2) is 5.53. The van der Waals surface area contributed by atoms with Gasteiger partial charge < -0.3 is 10.6 Å². The Morgan fingerprint density at radius 1 is 1.19 bits per heavy atom. The van der Waals surface area contributed by atoms with Crippen LogP contribution in [0, 0.1) is 0 Å². The van der Waals surface area contributed by atoms with Crippen molar-refractivity contribution >= 4 is 11.9 Å². The molecular formula is C11H14N10. The fourth-order valence-electron chi connectivity index (χ4n) is 1.70. The van der Waals surface area contributed by atoms with E-state index in [1.165, 1.54) is 17.3 Å². The van der Waals surface area contributed by atoms with Gasteiger partial charge in [-0.2, -0.15) is 29.8 Å². The molecule has 0 saturated carbocycles. The first kappa shape index (κ1) is 13.0. The molecule has 2 N–H and O–H groups in total. The Balaban J connectivity index is 1.82. The topological polar surface area (TPSA) is 111 Å². The predicted molar refractivity (Wildman–Crippen MR) is 74.8 cm³/mol. The number of anilines is 2. The van der Waals surface area contributed by atoms with E-state index in [1.54, 1.807) is 11.7 Å². The highest BCUT2D eigenvalue weighted by molar-refractivity contribution is 5.37. The molecular weight excluding hydrogens is 272 g/mol. The zero-order chi connectivity index (χ0) is 14.7. The van der Waals surface area contributed by atoms with E-state index >= 15 is 0 Å². The van der Waals surface area contributed by atoms with E-state index < -0.39 is 0 Å². The van der Waals surface area contributed by atoms with E-state index in [-0.39, 0.29) is 0 Å². The number of nitrogens with one attached hydrogen (secondary N) is 2. The van der Waals surface area contributed by atoms with Crippen LogP contribution in [0.25, 0.3) is 5.95 Å². The molecule has 3 aromatic heterocycles. The molecule has 0 bridgehead atoms. The van der Waals surface area contributed by atoms with Crippen LogP contribution < -0.4 is 10.6 Å². The molecule has 21 heavy (non-hydrogen) atoms. The Bertz CT molecular complexity index is 716. The zero-order valence-electron chi connectivity index (χ0n) is 11.6. The van der Waals surface area contributed by atoms with Gasteiger partial charge in [-0.1, -0.05) is 0 Å². The smallest absolute Gasteiger partial charge is 0.258 e. The average molecular weight is 286 g/mol. The summed E-state index contributed by atoms with van der Waals surface area (Å²) in [4.78, 5) is 16.6. The minimum Gasteiger partial charge on any atom is -0.357 e. The molecule has 0 spiro atoms. The second-order valence-corrected chi connectivity index (χ2v) is 4.21. The Hall–Kier alpha value is -3.04. The molecule has 108 valence electrons. The number of hydrogen-bond donors (Lipinski definition) is 2. The molecule has 0 aromatic carbocycles. The first-order chi connectivity index (χ1) is 10.2. The van der Waals surface area contributed by atoms with E-state index in [0.717, 1.165) is 5.69 Å². The summed E-state index contributed by atoms with van der Waals surface area (Å²) in [6.45, 7) is 0.519. The quantitative estimate of drug-likeness (QED) is 0.665. The van der Waals surface area contributed by atoms with Gasteiger partial charge in [0.05, 0.1) is 12.2 Å². The molecule has 3 rings (SSSR count). The summed E-state index contributed by atoms with van der Waals surface area (Å²) in [5.74, 6) is 1.26. The number of hydrogen-bond acceptors (Lipinski definition) is 8. The molecule has 0 atom stereocenters. The van der Waals surface area contributed by atoms with Gasteiger partial charge in [0.1, 0.15) is 12.7 Å². The summed E-state index contributed by atoms with van der Waals surface area (Å²) in [6.07, 6.45) is 4.82. The fraction of sp³-hybridized carbons (Fsp3) is 0.273. The van der Waals surface area contributed by atoms with Gasteiger partial charge in [0, 0.05) is 20.3 Å². The van der Waals surface area contributed by atoms with Gasteiger partial charge in [-0.05, 0) is 6.07 Å². The first-order valence-electron chi connectivity index (χ1n) is 6.26. The van der Waals surface area contributed by atoms with Crippen LogP contribution in [-0.4, -0.2) is 46.5 Å². The fourth-order valence-corrected chi connectivity index (χ4v) is 1.70. The lowest BCUT2D eigenvalue weighted by Gasteiger charge is -2.07. The molecule has 3 aromatic rings. The monoisotopic (exact) mass is 286 g/mol.